The summed E-state index contributed by atoms with van der Waals surface area (Å²) in [5, 5.41) is 12.2. The van der Waals surface area contributed by atoms with Gasteiger partial charge in [0.1, 0.15) is 11.6 Å². The monoisotopic (exact) mass is 234 g/mol. The first-order valence-corrected chi connectivity index (χ1v) is 6.98. The van der Waals surface area contributed by atoms with E-state index in [1.807, 2.05) is 0 Å². The van der Waals surface area contributed by atoms with Crippen LogP contribution in [0.4, 0.5) is 0 Å². The summed E-state index contributed by atoms with van der Waals surface area (Å²) in [7, 11) is 0. The Kier molecular flexibility index (Phi) is 3.14. The van der Waals surface area contributed by atoms with Crippen molar-refractivity contribution in [1.82, 2.24) is 20.1 Å². The molecule has 94 valence electrons. The second-order valence-electron chi connectivity index (χ2n) is 5.46. The molecule has 2 aliphatic rings. The Bertz CT molecular complexity index is 373. The lowest BCUT2D eigenvalue weighted by molar-refractivity contribution is 0.398. The molecule has 3 rings (SSSR count). The number of nitrogens with zero attached hydrogens (tertiary/aromatic N) is 3. The molecule has 1 aliphatic heterocycles. The zero-order chi connectivity index (χ0) is 11.7. The highest BCUT2D eigenvalue weighted by molar-refractivity contribution is 5.05. The van der Waals surface area contributed by atoms with Gasteiger partial charge in [-0.05, 0) is 32.7 Å². The first-order valence-electron chi connectivity index (χ1n) is 6.98. The van der Waals surface area contributed by atoms with Crippen LogP contribution in [0.1, 0.15) is 62.1 Å². The molecular weight excluding hydrogens is 212 g/mol. The Balaban J connectivity index is 1.87. The molecule has 1 N–H and O–H groups in total. The van der Waals surface area contributed by atoms with Gasteiger partial charge in [0.25, 0.3) is 0 Å². The van der Waals surface area contributed by atoms with Crippen molar-refractivity contribution >= 4 is 0 Å². The zero-order valence-electron chi connectivity index (χ0n) is 10.7. The van der Waals surface area contributed by atoms with Gasteiger partial charge in [0.15, 0.2) is 0 Å². The number of aromatic nitrogens is 3. The van der Waals surface area contributed by atoms with Crippen LogP contribution in [-0.2, 0) is 0 Å². The molecule has 1 atom stereocenters. The highest BCUT2D eigenvalue weighted by atomic mass is 15.3. The summed E-state index contributed by atoms with van der Waals surface area (Å²) in [5.41, 5.74) is 0. The summed E-state index contributed by atoms with van der Waals surface area (Å²) in [4.78, 5) is 0. The average molecular weight is 234 g/mol. The van der Waals surface area contributed by atoms with Crippen molar-refractivity contribution in [3.05, 3.63) is 11.6 Å². The fourth-order valence-corrected chi connectivity index (χ4v) is 3.34. The standard InChI is InChI=1S/C13H22N4/c1-10-15-16-13(11-5-3-2-4-6-11)17(10)12-7-8-14-9-12/h11-12,14H,2-9H2,1H3. The van der Waals surface area contributed by atoms with Crippen molar-refractivity contribution in [2.75, 3.05) is 13.1 Å². The van der Waals surface area contributed by atoms with Crippen LogP contribution in [-0.4, -0.2) is 27.9 Å². The largest absolute Gasteiger partial charge is 0.315 e. The average Bonchev–Trinajstić information content (AvgIpc) is 2.99. The van der Waals surface area contributed by atoms with Crippen LogP contribution < -0.4 is 5.32 Å². The summed E-state index contributed by atoms with van der Waals surface area (Å²) in [5.74, 6) is 3.01. The Labute approximate surface area is 103 Å². The van der Waals surface area contributed by atoms with E-state index in [9.17, 15) is 0 Å². The van der Waals surface area contributed by atoms with Crippen LogP contribution >= 0.6 is 0 Å². The van der Waals surface area contributed by atoms with E-state index in [0.29, 0.717) is 12.0 Å². The Morgan fingerprint density at radius 3 is 2.65 bits per heavy atom. The number of aryl methyl sites for hydroxylation is 1. The lowest BCUT2D eigenvalue weighted by atomic mass is 9.88. The van der Waals surface area contributed by atoms with Gasteiger partial charge >= 0.3 is 0 Å². The van der Waals surface area contributed by atoms with Crippen molar-refractivity contribution in [2.24, 2.45) is 0 Å². The molecule has 2 heterocycles. The highest BCUT2D eigenvalue weighted by Crippen LogP contribution is 2.33. The quantitative estimate of drug-likeness (QED) is 0.852. The highest BCUT2D eigenvalue weighted by Gasteiger charge is 2.27. The number of nitrogens with one attached hydrogen (secondary N) is 1. The van der Waals surface area contributed by atoms with Gasteiger partial charge in [-0.3, -0.25) is 0 Å². The summed E-state index contributed by atoms with van der Waals surface area (Å²) >= 11 is 0. The van der Waals surface area contributed by atoms with Crippen LogP contribution in [0.5, 0.6) is 0 Å². The second-order valence-corrected chi connectivity index (χ2v) is 5.46. The van der Waals surface area contributed by atoms with Gasteiger partial charge < -0.3 is 9.88 Å². The van der Waals surface area contributed by atoms with Crippen molar-refractivity contribution in [2.45, 2.75) is 57.4 Å². The molecule has 1 saturated heterocycles. The van der Waals surface area contributed by atoms with Crippen LogP contribution in [0.15, 0.2) is 0 Å². The van der Waals surface area contributed by atoms with Gasteiger partial charge in [-0.25, -0.2) is 0 Å². The van der Waals surface area contributed by atoms with Gasteiger partial charge in [-0.1, -0.05) is 19.3 Å². The molecule has 1 unspecified atom stereocenters. The Morgan fingerprint density at radius 1 is 1.12 bits per heavy atom. The molecule has 4 heteroatoms. The first-order chi connectivity index (χ1) is 8.36. The Morgan fingerprint density at radius 2 is 1.94 bits per heavy atom. The molecule has 2 fully saturated rings. The van der Waals surface area contributed by atoms with Gasteiger partial charge in [0, 0.05) is 12.5 Å². The van der Waals surface area contributed by atoms with E-state index in [1.165, 1.54) is 44.3 Å². The minimum absolute atomic E-state index is 0.585. The van der Waals surface area contributed by atoms with E-state index in [0.717, 1.165) is 18.9 Å². The van der Waals surface area contributed by atoms with Gasteiger partial charge in [-0.2, -0.15) is 0 Å². The smallest absolute Gasteiger partial charge is 0.136 e. The maximum absolute atomic E-state index is 4.47. The zero-order valence-corrected chi connectivity index (χ0v) is 10.7. The molecule has 1 aliphatic carbocycles. The topological polar surface area (TPSA) is 42.7 Å². The molecule has 4 nitrogen and oxygen atoms in total. The molecule has 0 aromatic carbocycles. The number of rotatable bonds is 2. The third-order valence-electron chi connectivity index (χ3n) is 4.26. The molecule has 1 saturated carbocycles. The fraction of sp³-hybridized carbons (Fsp3) is 0.846. The fourth-order valence-electron chi connectivity index (χ4n) is 3.34. The second kappa shape index (κ2) is 4.77. The number of hydrogen-bond acceptors (Lipinski definition) is 3. The van der Waals surface area contributed by atoms with Crippen molar-refractivity contribution in [3.63, 3.8) is 0 Å². The van der Waals surface area contributed by atoms with Crippen LogP contribution in [0.3, 0.4) is 0 Å². The predicted octanol–water partition coefficient (Wildman–Crippen LogP) is 2.17. The van der Waals surface area contributed by atoms with E-state index in [-0.39, 0.29) is 0 Å². The molecular formula is C13H22N4. The summed E-state index contributed by atoms with van der Waals surface area (Å²) < 4.78 is 2.41. The van der Waals surface area contributed by atoms with Crippen molar-refractivity contribution < 1.29 is 0 Å². The van der Waals surface area contributed by atoms with Crippen molar-refractivity contribution in [1.29, 1.82) is 0 Å². The molecule has 0 spiro atoms. The third-order valence-corrected chi connectivity index (χ3v) is 4.26. The van der Waals surface area contributed by atoms with E-state index in [2.05, 4.69) is 27.0 Å². The predicted molar refractivity (Wildman–Crippen MR) is 67.1 cm³/mol. The maximum atomic E-state index is 4.47. The van der Waals surface area contributed by atoms with Crippen LogP contribution in [0, 0.1) is 6.92 Å². The van der Waals surface area contributed by atoms with Crippen LogP contribution in [0.25, 0.3) is 0 Å². The summed E-state index contributed by atoms with van der Waals surface area (Å²) in [6, 6.07) is 0.585. The van der Waals surface area contributed by atoms with Gasteiger partial charge in [-0.15, -0.1) is 10.2 Å². The minimum Gasteiger partial charge on any atom is -0.315 e. The van der Waals surface area contributed by atoms with E-state index in [1.54, 1.807) is 0 Å². The van der Waals surface area contributed by atoms with Gasteiger partial charge in [0.2, 0.25) is 0 Å². The molecule has 0 radical (unpaired) electrons. The van der Waals surface area contributed by atoms with E-state index < -0.39 is 0 Å². The number of hydrogen-bond donors (Lipinski definition) is 1. The molecule has 0 amide bonds. The first kappa shape index (κ1) is 11.2. The van der Waals surface area contributed by atoms with E-state index >= 15 is 0 Å². The molecule has 17 heavy (non-hydrogen) atoms. The van der Waals surface area contributed by atoms with E-state index in [4.69, 9.17) is 0 Å². The lowest BCUT2D eigenvalue weighted by Crippen LogP contribution is -2.19. The van der Waals surface area contributed by atoms with Crippen LogP contribution in [0.2, 0.25) is 0 Å². The summed E-state index contributed by atoms with van der Waals surface area (Å²) in [6.45, 7) is 4.31. The summed E-state index contributed by atoms with van der Waals surface area (Å²) in [6.07, 6.45) is 7.95. The molecule has 1 aromatic heterocycles. The lowest BCUT2D eigenvalue weighted by Gasteiger charge is -2.24. The minimum atomic E-state index is 0.585. The SMILES string of the molecule is Cc1nnc(C2CCCCC2)n1C1CCNC1. The van der Waals surface area contributed by atoms with Gasteiger partial charge in [0.05, 0.1) is 6.04 Å². The third kappa shape index (κ3) is 2.10. The molecule has 1 aromatic rings. The Hall–Kier alpha value is -0.900. The normalized spacial score (nSPS) is 26.5. The maximum Gasteiger partial charge on any atom is 0.136 e. The molecule has 0 bridgehead atoms. The van der Waals surface area contributed by atoms with Crippen molar-refractivity contribution in [3.8, 4) is 0 Å².